The molecule has 1 aromatic heterocycles. The highest BCUT2D eigenvalue weighted by Gasteiger charge is 2.38. The summed E-state index contributed by atoms with van der Waals surface area (Å²) in [6.45, 7) is 3.69. The lowest BCUT2D eigenvalue weighted by Gasteiger charge is -2.15. The molecular weight excluding hydrogens is 338 g/mol. The van der Waals surface area contributed by atoms with E-state index < -0.39 is 0 Å². The number of anilines is 1. The normalized spacial score (nSPS) is 19.4. The number of nitrogens with zero attached hydrogens (tertiary/aromatic N) is 3. The summed E-state index contributed by atoms with van der Waals surface area (Å²) in [5.41, 5.74) is 2.28. The lowest BCUT2D eigenvalue weighted by molar-refractivity contribution is -0.116. The predicted molar refractivity (Wildman–Crippen MR) is 101 cm³/mol. The highest BCUT2D eigenvalue weighted by Crippen LogP contribution is 2.36. The molecule has 0 radical (unpaired) electrons. The third kappa shape index (κ3) is 3.32. The van der Waals surface area contributed by atoms with Crippen LogP contribution in [0.4, 0.5) is 5.69 Å². The Labute approximate surface area is 150 Å². The van der Waals surface area contributed by atoms with Gasteiger partial charge in [0, 0.05) is 7.05 Å². The van der Waals surface area contributed by atoms with Gasteiger partial charge in [-0.2, -0.15) is 0 Å². The minimum atomic E-state index is -0.175. The number of aliphatic imine (C=N–C) groups is 1. The molecule has 1 amide bonds. The largest absolute Gasteiger partial charge is 0.497 e. The first-order valence-electron chi connectivity index (χ1n) is 7.81. The molecule has 1 aromatic carbocycles. The summed E-state index contributed by atoms with van der Waals surface area (Å²) in [4.78, 5) is 18.4. The molecule has 1 saturated heterocycles. The fourth-order valence-corrected chi connectivity index (χ4v) is 3.46. The SMILES string of the molecule is CN=C1SC(C)C(=O)N1c1c(C)noc1/C=C/c1ccc(OC)cc1. The number of amides is 1. The first-order valence-corrected chi connectivity index (χ1v) is 8.69. The molecule has 0 aliphatic carbocycles. The van der Waals surface area contributed by atoms with Gasteiger partial charge in [0.15, 0.2) is 10.9 Å². The molecule has 7 heteroatoms. The first kappa shape index (κ1) is 17.3. The van der Waals surface area contributed by atoms with E-state index in [9.17, 15) is 4.79 Å². The van der Waals surface area contributed by atoms with Crippen molar-refractivity contribution in [2.75, 3.05) is 19.1 Å². The molecule has 2 aromatic rings. The minimum Gasteiger partial charge on any atom is -0.497 e. The summed E-state index contributed by atoms with van der Waals surface area (Å²) in [6.07, 6.45) is 3.72. The van der Waals surface area contributed by atoms with Crippen molar-refractivity contribution in [3.63, 3.8) is 0 Å². The summed E-state index contributed by atoms with van der Waals surface area (Å²) < 4.78 is 10.6. The maximum absolute atomic E-state index is 12.5. The number of methoxy groups -OCH3 is 1. The Morgan fingerprint density at radius 1 is 1.32 bits per heavy atom. The second-order valence-corrected chi connectivity index (χ2v) is 6.84. The lowest BCUT2D eigenvalue weighted by Crippen LogP contribution is -2.32. The molecular formula is C18H19N3O3S. The van der Waals surface area contributed by atoms with E-state index in [1.165, 1.54) is 11.8 Å². The number of thioether (sulfide) groups is 1. The van der Waals surface area contributed by atoms with Crippen LogP contribution in [0.2, 0.25) is 0 Å². The van der Waals surface area contributed by atoms with Gasteiger partial charge >= 0.3 is 0 Å². The Kier molecular flexibility index (Phi) is 4.94. The molecule has 1 aliphatic heterocycles. The molecule has 1 unspecified atom stereocenters. The van der Waals surface area contributed by atoms with Crippen molar-refractivity contribution in [3.05, 3.63) is 41.3 Å². The fourth-order valence-electron chi connectivity index (χ4n) is 2.55. The Bertz CT molecular complexity index is 840. The molecule has 0 spiro atoms. The van der Waals surface area contributed by atoms with Crippen LogP contribution in [0.1, 0.15) is 23.9 Å². The van der Waals surface area contributed by atoms with Gasteiger partial charge in [0.25, 0.3) is 0 Å². The zero-order valence-electron chi connectivity index (χ0n) is 14.5. The molecule has 2 heterocycles. The number of aryl methyl sites for hydroxylation is 1. The Morgan fingerprint density at radius 2 is 2.04 bits per heavy atom. The van der Waals surface area contributed by atoms with Gasteiger partial charge in [0.1, 0.15) is 17.1 Å². The summed E-state index contributed by atoms with van der Waals surface area (Å²) in [7, 11) is 3.31. The molecule has 1 aliphatic rings. The van der Waals surface area contributed by atoms with Gasteiger partial charge in [-0.1, -0.05) is 35.1 Å². The standard InChI is InChI=1S/C18H19N3O3S/c1-11-16(21-17(22)12(2)25-18(21)19-3)15(24-20-11)10-7-13-5-8-14(23-4)9-6-13/h5-10,12H,1-4H3/b10-7+,19-18?. The van der Waals surface area contributed by atoms with Gasteiger partial charge in [0.2, 0.25) is 5.91 Å². The van der Waals surface area contributed by atoms with Crippen LogP contribution < -0.4 is 9.64 Å². The topological polar surface area (TPSA) is 67.9 Å². The third-order valence-electron chi connectivity index (χ3n) is 3.86. The maximum atomic E-state index is 12.5. The smallest absolute Gasteiger partial charge is 0.246 e. The van der Waals surface area contributed by atoms with Gasteiger partial charge < -0.3 is 9.26 Å². The van der Waals surface area contributed by atoms with Gasteiger partial charge in [-0.05, 0) is 37.6 Å². The van der Waals surface area contributed by atoms with E-state index in [1.807, 2.05) is 50.3 Å². The molecule has 1 fully saturated rings. The van der Waals surface area contributed by atoms with E-state index in [-0.39, 0.29) is 11.2 Å². The number of aromatic nitrogens is 1. The first-order chi connectivity index (χ1) is 12.0. The summed E-state index contributed by atoms with van der Waals surface area (Å²) in [5, 5.41) is 4.51. The number of carbonyl (C=O) groups is 1. The summed E-state index contributed by atoms with van der Waals surface area (Å²) >= 11 is 1.43. The van der Waals surface area contributed by atoms with Crippen LogP contribution in [0.5, 0.6) is 5.75 Å². The number of hydrogen-bond acceptors (Lipinski definition) is 6. The number of carbonyl (C=O) groups excluding carboxylic acids is 1. The maximum Gasteiger partial charge on any atom is 0.246 e. The third-order valence-corrected chi connectivity index (χ3v) is 4.99. The van der Waals surface area contributed by atoms with Crippen molar-refractivity contribution >= 4 is 40.7 Å². The van der Waals surface area contributed by atoms with Gasteiger partial charge in [0.05, 0.1) is 12.4 Å². The highest BCUT2D eigenvalue weighted by atomic mass is 32.2. The van der Waals surface area contributed by atoms with E-state index in [0.717, 1.165) is 11.3 Å². The van der Waals surface area contributed by atoms with Crippen molar-refractivity contribution < 1.29 is 14.1 Å². The van der Waals surface area contributed by atoms with Crippen LogP contribution in [0.25, 0.3) is 12.2 Å². The highest BCUT2D eigenvalue weighted by molar-refractivity contribution is 8.16. The molecule has 0 bridgehead atoms. The zero-order chi connectivity index (χ0) is 18.0. The monoisotopic (exact) mass is 357 g/mol. The average Bonchev–Trinajstić information content (AvgIpc) is 3.13. The fraction of sp³-hybridized carbons (Fsp3) is 0.278. The second-order valence-electron chi connectivity index (χ2n) is 5.53. The molecule has 0 saturated carbocycles. The Morgan fingerprint density at radius 3 is 2.68 bits per heavy atom. The van der Waals surface area contributed by atoms with Crippen molar-refractivity contribution in [1.82, 2.24) is 5.16 Å². The molecule has 0 N–H and O–H groups in total. The van der Waals surface area contributed by atoms with E-state index >= 15 is 0 Å². The van der Waals surface area contributed by atoms with E-state index in [4.69, 9.17) is 9.26 Å². The predicted octanol–water partition coefficient (Wildman–Crippen LogP) is 3.62. The number of hydrogen-bond donors (Lipinski definition) is 0. The molecule has 25 heavy (non-hydrogen) atoms. The van der Waals surface area contributed by atoms with Crippen LogP contribution in [0.15, 0.2) is 33.8 Å². The van der Waals surface area contributed by atoms with Gasteiger partial charge in [-0.15, -0.1) is 0 Å². The van der Waals surface area contributed by atoms with Crippen molar-refractivity contribution in [2.24, 2.45) is 4.99 Å². The molecule has 130 valence electrons. The number of rotatable bonds is 4. The molecule has 6 nitrogen and oxygen atoms in total. The Balaban J connectivity index is 1.94. The van der Waals surface area contributed by atoms with Crippen molar-refractivity contribution in [3.8, 4) is 5.75 Å². The van der Waals surface area contributed by atoms with Crippen LogP contribution in [-0.2, 0) is 4.79 Å². The van der Waals surface area contributed by atoms with Crippen molar-refractivity contribution in [2.45, 2.75) is 19.1 Å². The van der Waals surface area contributed by atoms with Gasteiger partial charge in [-0.3, -0.25) is 14.7 Å². The number of amidine groups is 1. The minimum absolute atomic E-state index is 0.0176. The quantitative estimate of drug-likeness (QED) is 0.836. The average molecular weight is 357 g/mol. The van der Waals surface area contributed by atoms with E-state index in [0.29, 0.717) is 22.3 Å². The van der Waals surface area contributed by atoms with E-state index in [2.05, 4.69) is 10.1 Å². The summed E-state index contributed by atoms with van der Waals surface area (Å²) in [5.74, 6) is 1.30. The van der Waals surface area contributed by atoms with E-state index in [1.54, 1.807) is 19.1 Å². The zero-order valence-corrected chi connectivity index (χ0v) is 15.3. The van der Waals surface area contributed by atoms with Gasteiger partial charge in [-0.25, -0.2) is 0 Å². The number of ether oxygens (including phenoxy) is 1. The molecule has 1 atom stereocenters. The van der Waals surface area contributed by atoms with Crippen LogP contribution in [0, 0.1) is 6.92 Å². The Hall–Kier alpha value is -2.54. The van der Waals surface area contributed by atoms with Crippen LogP contribution in [0.3, 0.4) is 0 Å². The second kappa shape index (κ2) is 7.14. The molecule has 3 rings (SSSR count). The van der Waals surface area contributed by atoms with Crippen molar-refractivity contribution in [1.29, 1.82) is 0 Å². The van der Waals surface area contributed by atoms with Crippen LogP contribution >= 0.6 is 11.8 Å². The lowest BCUT2D eigenvalue weighted by atomic mass is 10.1. The number of benzene rings is 1. The van der Waals surface area contributed by atoms with Crippen LogP contribution in [-0.4, -0.2) is 35.6 Å². The summed E-state index contributed by atoms with van der Waals surface area (Å²) in [6, 6.07) is 7.65.